The van der Waals surface area contributed by atoms with Crippen LogP contribution in [0.2, 0.25) is 0 Å². The van der Waals surface area contributed by atoms with Gasteiger partial charge in [0.2, 0.25) is 0 Å². The van der Waals surface area contributed by atoms with E-state index in [1.54, 1.807) is 0 Å². The molecule has 0 aromatic heterocycles. The summed E-state index contributed by atoms with van der Waals surface area (Å²) >= 11 is 0. The fraction of sp³-hybridized carbons (Fsp3) is 0.889. The first kappa shape index (κ1) is 9.50. The zero-order chi connectivity index (χ0) is 8.97. The smallest absolute Gasteiger partial charge is 0.144 e. The molecule has 1 fully saturated rings. The summed E-state index contributed by atoms with van der Waals surface area (Å²) in [6.45, 7) is 2.72. The Bertz CT molecular complexity index is 170. The SMILES string of the molecule is CCC(C#N)OC1CC(CN)C1. The molecule has 1 aliphatic carbocycles. The third-order valence-corrected chi connectivity index (χ3v) is 2.40. The van der Waals surface area contributed by atoms with Crippen LogP contribution in [0.1, 0.15) is 26.2 Å². The molecule has 0 spiro atoms. The number of nitrogens with zero attached hydrogens (tertiary/aromatic N) is 1. The van der Waals surface area contributed by atoms with Crippen molar-refractivity contribution in [3.05, 3.63) is 0 Å². The molecular formula is C9H16N2O. The van der Waals surface area contributed by atoms with E-state index in [0.717, 1.165) is 25.8 Å². The van der Waals surface area contributed by atoms with Crippen molar-refractivity contribution in [3.63, 3.8) is 0 Å². The van der Waals surface area contributed by atoms with Crippen LogP contribution in [0.25, 0.3) is 0 Å². The molecule has 3 heteroatoms. The Kier molecular flexibility index (Phi) is 3.51. The van der Waals surface area contributed by atoms with Gasteiger partial charge in [0, 0.05) is 0 Å². The van der Waals surface area contributed by atoms with E-state index in [0.29, 0.717) is 12.0 Å². The van der Waals surface area contributed by atoms with Gasteiger partial charge in [-0.2, -0.15) is 5.26 Å². The predicted octanol–water partition coefficient (Wildman–Crippen LogP) is 1.04. The van der Waals surface area contributed by atoms with Gasteiger partial charge in [-0.1, -0.05) is 6.92 Å². The summed E-state index contributed by atoms with van der Waals surface area (Å²) in [6, 6.07) is 2.13. The molecule has 0 amide bonds. The summed E-state index contributed by atoms with van der Waals surface area (Å²) < 4.78 is 5.50. The van der Waals surface area contributed by atoms with Crippen LogP contribution in [0.3, 0.4) is 0 Å². The molecule has 1 rings (SSSR count). The largest absolute Gasteiger partial charge is 0.360 e. The van der Waals surface area contributed by atoms with E-state index in [-0.39, 0.29) is 6.10 Å². The van der Waals surface area contributed by atoms with Crippen molar-refractivity contribution in [1.29, 1.82) is 5.26 Å². The number of ether oxygens (including phenoxy) is 1. The third-order valence-electron chi connectivity index (χ3n) is 2.40. The van der Waals surface area contributed by atoms with Crippen LogP contribution in [0.4, 0.5) is 0 Å². The molecule has 0 aromatic carbocycles. The van der Waals surface area contributed by atoms with Crippen molar-refractivity contribution in [2.45, 2.75) is 38.4 Å². The average Bonchev–Trinajstić information content (AvgIpc) is 2.03. The van der Waals surface area contributed by atoms with Gasteiger partial charge in [0.05, 0.1) is 12.2 Å². The second kappa shape index (κ2) is 4.44. The van der Waals surface area contributed by atoms with Gasteiger partial charge in [0.1, 0.15) is 6.10 Å². The highest BCUT2D eigenvalue weighted by atomic mass is 16.5. The average molecular weight is 168 g/mol. The van der Waals surface area contributed by atoms with Crippen LogP contribution < -0.4 is 5.73 Å². The van der Waals surface area contributed by atoms with E-state index in [2.05, 4.69) is 6.07 Å². The molecule has 12 heavy (non-hydrogen) atoms. The van der Waals surface area contributed by atoms with Crippen LogP contribution >= 0.6 is 0 Å². The number of hydrogen-bond donors (Lipinski definition) is 1. The van der Waals surface area contributed by atoms with Crippen LogP contribution in [0.15, 0.2) is 0 Å². The van der Waals surface area contributed by atoms with Gasteiger partial charge in [-0.25, -0.2) is 0 Å². The molecular weight excluding hydrogens is 152 g/mol. The van der Waals surface area contributed by atoms with Crippen molar-refractivity contribution >= 4 is 0 Å². The van der Waals surface area contributed by atoms with E-state index in [4.69, 9.17) is 15.7 Å². The number of nitriles is 1. The molecule has 1 atom stereocenters. The molecule has 0 bridgehead atoms. The minimum atomic E-state index is -0.214. The highest BCUT2D eigenvalue weighted by Crippen LogP contribution is 2.30. The fourth-order valence-electron chi connectivity index (χ4n) is 1.43. The lowest BCUT2D eigenvalue weighted by Gasteiger charge is -2.35. The Hall–Kier alpha value is -0.590. The quantitative estimate of drug-likeness (QED) is 0.682. The van der Waals surface area contributed by atoms with Gasteiger partial charge < -0.3 is 10.5 Å². The molecule has 0 aromatic rings. The van der Waals surface area contributed by atoms with Crippen molar-refractivity contribution in [2.75, 3.05) is 6.54 Å². The minimum Gasteiger partial charge on any atom is -0.360 e. The van der Waals surface area contributed by atoms with Crippen LogP contribution in [0.5, 0.6) is 0 Å². The van der Waals surface area contributed by atoms with Crippen molar-refractivity contribution in [3.8, 4) is 6.07 Å². The first-order chi connectivity index (χ1) is 5.80. The monoisotopic (exact) mass is 168 g/mol. The van der Waals surface area contributed by atoms with E-state index in [9.17, 15) is 0 Å². The van der Waals surface area contributed by atoms with Crippen molar-refractivity contribution < 1.29 is 4.74 Å². The predicted molar refractivity (Wildman–Crippen MR) is 46.3 cm³/mol. The van der Waals surface area contributed by atoms with Gasteiger partial charge in [0.25, 0.3) is 0 Å². The molecule has 1 unspecified atom stereocenters. The molecule has 1 saturated carbocycles. The number of nitrogens with two attached hydrogens (primary N) is 1. The first-order valence-corrected chi connectivity index (χ1v) is 4.55. The number of hydrogen-bond acceptors (Lipinski definition) is 3. The molecule has 0 aliphatic heterocycles. The zero-order valence-electron chi connectivity index (χ0n) is 7.49. The molecule has 3 nitrogen and oxygen atoms in total. The van der Waals surface area contributed by atoms with Crippen LogP contribution in [-0.2, 0) is 4.74 Å². The summed E-state index contributed by atoms with van der Waals surface area (Å²) in [7, 11) is 0. The molecule has 2 N–H and O–H groups in total. The summed E-state index contributed by atoms with van der Waals surface area (Å²) in [6.07, 6.45) is 2.93. The Labute approximate surface area is 73.5 Å². The lowest BCUT2D eigenvalue weighted by atomic mass is 9.82. The number of rotatable bonds is 4. The van der Waals surface area contributed by atoms with Gasteiger partial charge in [0.15, 0.2) is 0 Å². The van der Waals surface area contributed by atoms with E-state index < -0.39 is 0 Å². The maximum atomic E-state index is 8.62. The topological polar surface area (TPSA) is 59.0 Å². The highest BCUT2D eigenvalue weighted by Gasteiger charge is 2.30. The van der Waals surface area contributed by atoms with E-state index in [1.807, 2.05) is 6.92 Å². The maximum Gasteiger partial charge on any atom is 0.144 e. The molecule has 0 heterocycles. The van der Waals surface area contributed by atoms with Crippen molar-refractivity contribution in [1.82, 2.24) is 0 Å². The van der Waals surface area contributed by atoms with Gasteiger partial charge in [-0.15, -0.1) is 0 Å². The second-order valence-electron chi connectivity index (χ2n) is 3.36. The first-order valence-electron chi connectivity index (χ1n) is 4.55. The summed E-state index contributed by atoms with van der Waals surface area (Å²) in [4.78, 5) is 0. The minimum absolute atomic E-state index is 0.214. The standard InChI is InChI=1S/C9H16N2O/c1-2-8(6-11)12-9-3-7(4-9)5-10/h7-9H,2-5,10H2,1H3. The van der Waals surface area contributed by atoms with Gasteiger partial charge >= 0.3 is 0 Å². The normalized spacial score (nSPS) is 30.4. The highest BCUT2D eigenvalue weighted by molar-refractivity contribution is 4.88. The third kappa shape index (κ3) is 2.20. The second-order valence-corrected chi connectivity index (χ2v) is 3.36. The van der Waals surface area contributed by atoms with Crippen LogP contribution in [0, 0.1) is 17.2 Å². The van der Waals surface area contributed by atoms with Gasteiger partial charge in [-0.05, 0) is 31.7 Å². The Morgan fingerprint density at radius 2 is 2.33 bits per heavy atom. The summed E-state index contributed by atoms with van der Waals surface area (Å²) in [5.74, 6) is 0.631. The lowest BCUT2D eigenvalue weighted by Crippen LogP contribution is -2.37. The summed E-state index contributed by atoms with van der Waals surface area (Å²) in [5, 5.41) is 8.62. The molecule has 68 valence electrons. The zero-order valence-corrected chi connectivity index (χ0v) is 7.49. The fourth-order valence-corrected chi connectivity index (χ4v) is 1.43. The van der Waals surface area contributed by atoms with E-state index in [1.165, 1.54) is 0 Å². The lowest BCUT2D eigenvalue weighted by molar-refractivity contribution is -0.0539. The molecule has 1 aliphatic rings. The maximum absolute atomic E-state index is 8.62. The van der Waals surface area contributed by atoms with Crippen molar-refractivity contribution in [2.24, 2.45) is 11.7 Å². The Balaban J connectivity index is 2.14. The van der Waals surface area contributed by atoms with Gasteiger partial charge in [-0.3, -0.25) is 0 Å². The van der Waals surface area contributed by atoms with Crippen LogP contribution in [-0.4, -0.2) is 18.8 Å². The Morgan fingerprint density at radius 1 is 1.67 bits per heavy atom. The molecule has 0 saturated heterocycles. The van der Waals surface area contributed by atoms with E-state index >= 15 is 0 Å². The summed E-state index contributed by atoms with van der Waals surface area (Å²) in [5.41, 5.74) is 5.47. The Morgan fingerprint density at radius 3 is 2.75 bits per heavy atom. The molecule has 0 radical (unpaired) electrons.